The first-order chi connectivity index (χ1) is 11.1. The van der Waals surface area contributed by atoms with Crippen LogP contribution in [0.1, 0.15) is 11.5 Å². The van der Waals surface area contributed by atoms with Crippen LogP contribution in [0.2, 0.25) is 0 Å². The Morgan fingerprint density at radius 2 is 1.74 bits per heavy atom. The van der Waals surface area contributed by atoms with E-state index in [0.717, 1.165) is 39.3 Å². The molecule has 23 heavy (non-hydrogen) atoms. The first-order valence-electron chi connectivity index (χ1n) is 7.48. The summed E-state index contributed by atoms with van der Waals surface area (Å²) in [6, 6.07) is 17.6. The minimum atomic E-state index is 0.254. The summed E-state index contributed by atoms with van der Waals surface area (Å²) in [5.74, 6) is 1.05. The van der Waals surface area contributed by atoms with Crippen LogP contribution in [0.5, 0.6) is 5.75 Å². The van der Waals surface area contributed by atoms with Gasteiger partial charge in [-0.05, 0) is 50.2 Å². The van der Waals surface area contributed by atoms with Crippen LogP contribution in [-0.4, -0.2) is 14.8 Å². The molecule has 0 fully saturated rings. The van der Waals surface area contributed by atoms with Gasteiger partial charge < -0.3 is 14.2 Å². The molecule has 0 aliphatic rings. The molecule has 4 heteroatoms. The molecule has 0 aliphatic heterocycles. The van der Waals surface area contributed by atoms with Gasteiger partial charge in [-0.15, -0.1) is 0 Å². The minimum Gasteiger partial charge on any atom is -0.508 e. The van der Waals surface area contributed by atoms with Crippen molar-refractivity contribution in [1.29, 1.82) is 0 Å². The average molecular weight is 304 g/mol. The lowest BCUT2D eigenvalue weighted by molar-refractivity contribution is 0.393. The Morgan fingerprint density at radius 1 is 1.00 bits per heavy atom. The topological polar surface area (TPSA) is 51.2 Å². The number of benzene rings is 2. The van der Waals surface area contributed by atoms with Crippen LogP contribution in [0.4, 0.5) is 0 Å². The van der Waals surface area contributed by atoms with Crippen LogP contribution in [0.15, 0.2) is 59.1 Å². The third-order valence-corrected chi connectivity index (χ3v) is 4.11. The number of fused-ring (bicyclic) bond motifs is 1. The standard InChI is InChI=1S/C19H16N2O2/c1-12-19(13(2)23-20-12)18-11-14-5-3-4-6-17(14)21(18)15-7-9-16(22)10-8-15/h3-11,22H,1-2H3. The highest BCUT2D eigenvalue weighted by Gasteiger charge is 2.18. The molecule has 0 saturated carbocycles. The van der Waals surface area contributed by atoms with Gasteiger partial charge in [-0.1, -0.05) is 23.4 Å². The number of rotatable bonds is 2. The summed E-state index contributed by atoms with van der Waals surface area (Å²) in [4.78, 5) is 0. The molecule has 4 nitrogen and oxygen atoms in total. The van der Waals surface area contributed by atoms with E-state index in [1.165, 1.54) is 0 Å². The molecule has 4 rings (SSSR count). The summed E-state index contributed by atoms with van der Waals surface area (Å²) in [7, 11) is 0. The van der Waals surface area contributed by atoms with Crippen molar-refractivity contribution in [2.24, 2.45) is 0 Å². The first kappa shape index (κ1) is 13.6. The Hall–Kier alpha value is -3.01. The Kier molecular flexibility index (Phi) is 2.98. The van der Waals surface area contributed by atoms with Crippen LogP contribution in [0.25, 0.3) is 27.8 Å². The smallest absolute Gasteiger partial charge is 0.143 e. The second kappa shape index (κ2) is 5.02. The zero-order chi connectivity index (χ0) is 16.0. The average Bonchev–Trinajstić information content (AvgIpc) is 3.08. The molecule has 1 N–H and O–H groups in total. The summed E-state index contributed by atoms with van der Waals surface area (Å²) in [5, 5.41) is 14.8. The van der Waals surface area contributed by atoms with Gasteiger partial charge in [0.1, 0.15) is 11.5 Å². The third kappa shape index (κ3) is 2.11. The fraction of sp³-hybridized carbons (Fsp3) is 0.105. The lowest BCUT2D eigenvalue weighted by Crippen LogP contribution is -1.97. The summed E-state index contributed by atoms with van der Waals surface area (Å²) < 4.78 is 7.52. The number of aryl methyl sites for hydroxylation is 2. The molecule has 0 bridgehead atoms. The predicted molar refractivity (Wildman–Crippen MR) is 89.9 cm³/mol. The predicted octanol–water partition coefficient (Wildman–Crippen LogP) is 4.61. The fourth-order valence-electron chi connectivity index (χ4n) is 3.07. The maximum atomic E-state index is 9.57. The molecule has 2 heterocycles. The molecule has 0 unspecified atom stereocenters. The zero-order valence-corrected chi connectivity index (χ0v) is 12.9. The number of phenols is 1. The Labute approximate surface area is 133 Å². The molecule has 0 radical (unpaired) electrons. The lowest BCUT2D eigenvalue weighted by Gasteiger charge is -2.11. The van der Waals surface area contributed by atoms with Gasteiger partial charge in [-0.2, -0.15) is 0 Å². The van der Waals surface area contributed by atoms with Crippen molar-refractivity contribution in [2.75, 3.05) is 0 Å². The van der Waals surface area contributed by atoms with Gasteiger partial charge in [-0.25, -0.2) is 0 Å². The van der Waals surface area contributed by atoms with E-state index in [1.807, 2.05) is 38.1 Å². The largest absolute Gasteiger partial charge is 0.508 e. The van der Waals surface area contributed by atoms with Crippen LogP contribution < -0.4 is 0 Å². The van der Waals surface area contributed by atoms with E-state index in [1.54, 1.807) is 12.1 Å². The molecule has 4 aromatic rings. The van der Waals surface area contributed by atoms with Crippen molar-refractivity contribution in [3.8, 4) is 22.7 Å². The van der Waals surface area contributed by atoms with Crippen molar-refractivity contribution in [3.63, 3.8) is 0 Å². The lowest BCUT2D eigenvalue weighted by atomic mass is 10.1. The van der Waals surface area contributed by atoms with Crippen molar-refractivity contribution in [1.82, 2.24) is 9.72 Å². The van der Waals surface area contributed by atoms with Crippen LogP contribution >= 0.6 is 0 Å². The second-order valence-electron chi connectivity index (χ2n) is 5.64. The monoisotopic (exact) mass is 304 g/mol. The number of para-hydroxylation sites is 1. The van der Waals surface area contributed by atoms with E-state index in [-0.39, 0.29) is 5.75 Å². The highest BCUT2D eigenvalue weighted by Crippen LogP contribution is 2.35. The Morgan fingerprint density at radius 3 is 2.43 bits per heavy atom. The number of aromatic hydroxyl groups is 1. The number of phenolic OH excluding ortho intramolecular Hbond substituents is 1. The molecule has 114 valence electrons. The Balaban J connectivity index is 2.08. The SMILES string of the molecule is Cc1noc(C)c1-c1cc2ccccc2n1-c1ccc(O)cc1. The molecule has 0 amide bonds. The van der Waals surface area contributed by atoms with Crippen molar-refractivity contribution >= 4 is 10.9 Å². The van der Waals surface area contributed by atoms with E-state index in [4.69, 9.17) is 4.52 Å². The number of nitrogens with zero attached hydrogens (tertiary/aromatic N) is 2. The summed E-state index contributed by atoms with van der Waals surface area (Å²) in [6.07, 6.45) is 0. The van der Waals surface area contributed by atoms with Gasteiger partial charge in [-0.3, -0.25) is 0 Å². The van der Waals surface area contributed by atoms with Gasteiger partial charge in [0.2, 0.25) is 0 Å². The maximum absolute atomic E-state index is 9.57. The third-order valence-electron chi connectivity index (χ3n) is 4.11. The summed E-state index contributed by atoms with van der Waals surface area (Å²) in [5.41, 5.74) is 5.00. The van der Waals surface area contributed by atoms with E-state index >= 15 is 0 Å². The summed E-state index contributed by atoms with van der Waals surface area (Å²) in [6.45, 7) is 3.87. The van der Waals surface area contributed by atoms with Crippen molar-refractivity contribution in [2.45, 2.75) is 13.8 Å². The molecule has 2 aromatic carbocycles. The molecule has 0 saturated heterocycles. The van der Waals surface area contributed by atoms with Gasteiger partial charge in [0, 0.05) is 11.1 Å². The quantitative estimate of drug-likeness (QED) is 0.588. The maximum Gasteiger partial charge on any atom is 0.143 e. The minimum absolute atomic E-state index is 0.254. The molecular formula is C19H16N2O2. The van der Waals surface area contributed by atoms with Gasteiger partial charge in [0.15, 0.2) is 0 Å². The summed E-state index contributed by atoms with van der Waals surface area (Å²) >= 11 is 0. The highest BCUT2D eigenvalue weighted by molar-refractivity contribution is 5.89. The van der Waals surface area contributed by atoms with E-state index in [0.29, 0.717) is 0 Å². The first-order valence-corrected chi connectivity index (χ1v) is 7.48. The van der Waals surface area contributed by atoms with E-state index in [9.17, 15) is 5.11 Å². The van der Waals surface area contributed by atoms with Crippen LogP contribution in [0, 0.1) is 13.8 Å². The van der Waals surface area contributed by atoms with Crippen LogP contribution in [-0.2, 0) is 0 Å². The Bertz CT molecular complexity index is 975. The van der Waals surface area contributed by atoms with Gasteiger partial charge in [0.05, 0.1) is 22.5 Å². The van der Waals surface area contributed by atoms with Crippen molar-refractivity contribution < 1.29 is 9.63 Å². The van der Waals surface area contributed by atoms with E-state index < -0.39 is 0 Å². The van der Waals surface area contributed by atoms with Crippen molar-refractivity contribution in [3.05, 3.63) is 66.1 Å². The molecule has 2 aromatic heterocycles. The number of hydrogen-bond acceptors (Lipinski definition) is 3. The zero-order valence-electron chi connectivity index (χ0n) is 12.9. The number of hydrogen-bond donors (Lipinski definition) is 1. The second-order valence-corrected chi connectivity index (χ2v) is 5.64. The molecular weight excluding hydrogens is 288 g/mol. The number of aromatic nitrogens is 2. The van der Waals surface area contributed by atoms with Gasteiger partial charge in [0.25, 0.3) is 0 Å². The molecule has 0 spiro atoms. The van der Waals surface area contributed by atoms with Gasteiger partial charge >= 0.3 is 0 Å². The molecule has 0 atom stereocenters. The highest BCUT2D eigenvalue weighted by atomic mass is 16.5. The van der Waals surface area contributed by atoms with Crippen LogP contribution in [0.3, 0.4) is 0 Å². The fourth-order valence-corrected chi connectivity index (χ4v) is 3.07. The normalized spacial score (nSPS) is 11.2. The molecule has 0 aliphatic carbocycles. The van der Waals surface area contributed by atoms with E-state index in [2.05, 4.69) is 27.9 Å².